The molecule has 0 amide bonds. The van der Waals surface area contributed by atoms with Crippen molar-refractivity contribution in [2.24, 2.45) is 34.5 Å². The molecule has 2 heteroatoms. The van der Waals surface area contributed by atoms with Gasteiger partial charge in [0, 0.05) is 12.8 Å². The van der Waals surface area contributed by atoms with E-state index in [1.54, 1.807) is 0 Å². The minimum atomic E-state index is -0.469. The van der Waals surface area contributed by atoms with E-state index in [0.29, 0.717) is 23.0 Å². The molecule has 0 aromatic heterocycles. The van der Waals surface area contributed by atoms with E-state index in [-0.39, 0.29) is 5.41 Å². The highest BCUT2D eigenvalue weighted by Gasteiger charge is 2.63. The van der Waals surface area contributed by atoms with Crippen LogP contribution in [0, 0.1) is 34.5 Å². The van der Waals surface area contributed by atoms with Crippen LogP contribution in [-0.2, 0) is 4.79 Å². The summed E-state index contributed by atoms with van der Waals surface area (Å²) in [6.45, 7) is 6.94. The van der Waals surface area contributed by atoms with Crippen molar-refractivity contribution >= 4 is 5.78 Å². The van der Waals surface area contributed by atoms with E-state index >= 15 is 0 Å². The van der Waals surface area contributed by atoms with Crippen LogP contribution in [0.3, 0.4) is 0 Å². The van der Waals surface area contributed by atoms with E-state index in [0.717, 1.165) is 37.5 Å². The molecule has 4 saturated carbocycles. The molecule has 4 aliphatic carbocycles. The molecule has 0 heterocycles. The lowest BCUT2D eigenvalue weighted by molar-refractivity contribution is -0.152. The van der Waals surface area contributed by atoms with Crippen LogP contribution in [0.15, 0.2) is 0 Å². The molecule has 0 spiro atoms. The number of ketones is 1. The molecule has 1 N–H and O–H groups in total. The van der Waals surface area contributed by atoms with Gasteiger partial charge in [0.05, 0.1) is 5.60 Å². The smallest absolute Gasteiger partial charge is 0.133 e. The SMILES string of the molecule is C[C@]12CCC(=O)CC1CCC1C2CC[C@@]2(C)C1CC[C@]2(C)O. The molecule has 0 saturated heterocycles. The molecule has 0 radical (unpaired) electrons. The van der Waals surface area contributed by atoms with Crippen LogP contribution < -0.4 is 0 Å². The average Bonchev–Trinajstić information content (AvgIpc) is 2.70. The normalized spacial score (nSPS) is 57.9. The summed E-state index contributed by atoms with van der Waals surface area (Å²) in [6.07, 6.45) is 9.98. The van der Waals surface area contributed by atoms with Gasteiger partial charge in [0.1, 0.15) is 5.78 Å². The minimum absolute atomic E-state index is 0.127. The second-order valence-corrected chi connectivity index (χ2v) is 9.67. The summed E-state index contributed by atoms with van der Waals surface area (Å²) in [6, 6.07) is 0. The quantitative estimate of drug-likeness (QED) is 0.722. The lowest BCUT2D eigenvalue weighted by Crippen LogP contribution is -2.55. The highest BCUT2D eigenvalue weighted by atomic mass is 16.3. The molecular weight excluding hydrogens is 272 g/mol. The lowest BCUT2D eigenvalue weighted by atomic mass is 9.44. The molecule has 4 rings (SSSR count). The number of fused-ring (bicyclic) bond motifs is 5. The molecule has 7 atom stereocenters. The third kappa shape index (κ3) is 1.79. The highest BCUT2D eigenvalue weighted by molar-refractivity contribution is 5.79. The van der Waals surface area contributed by atoms with Gasteiger partial charge in [-0.2, -0.15) is 0 Å². The van der Waals surface area contributed by atoms with E-state index < -0.39 is 5.60 Å². The second-order valence-electron chi connectivity index (χ2n) is 9.67. The van der Waals surface area contributed by atoms with Crippen molar-refractivity contribution in [1.29, 1.82) is 0 Å². The van der Waals surface area contributed by atoms with Crippen molar-refractivity contribution in [2.45, 2.75) is 84.2 Å². The van der Waals surface area contributed by atoms with Gasteiger partial charge in [-0.05, 0) is 86.4 Å². The fraction of sp³-hybridized carbons (Fsp3) is 0.950. The van der Waals surface area contributed by atoms with Gasteiger partial charge in [-0.25, -0.2) is 0 Å². The fourth-order valence-electron chi connectivity index (χ4n) is 7.29. The Morgan fingerprint density at radius 2 is 1.68 bits per heavy atom. The highest BCUT2D eigenvalue weighted by Crippen LogP contribution is 2.67. The molecule has 124 valence electrons. The third-order valence-corrected chi connectivity index (χ3v) is 9.04. The summed E-state index contributed by atoms with van der Waals surface area (Å²) in [5, 5.41) is 10.9. The molecule has 0 aliphatic heterocycles. The summed E-state index contributed by atoms with van der Waals surface area (Å²) >= 11 is 0. The molecule has 22 heavy (non-hydrogen) atoms. The second kappa shape index (κ2) is 4.59. The molecule has 2 nitrogen and oxygen atoms in total. The topological polar surface area (TPSA) is 37.3 Å². The first-order chi connectivity index (χ1) is 10.3. The summed E-state index contributed by atoms with van der Waals surface area (Å²) in [7, 11) is 0. The fourth-order valence-corrected chi connectivity index (χ4v) is 7.29. The number of hydrogen-bond acceptors (Lipinski definition) is 2. The Morgan fingerprint density at radius 1 is 0.955 bits per heavy atom. The molecule has 4 unspecified atom stereocenters. The number of hydrogen-bond donors (Lipinski definition) is 1. The van der Waals surface area contributed by atoms with Crippen molar-refractivity contribution in [2.75, 3.05) is 0 Å². The predicted molar refractivity (Wildman–Crippen MR) is 87.4 cm³/mol. The van der Waals surface area contributed by atoms with Crippen molar-refractivity contribution in [3.63, 3.8) is 0 Å². The number of carbonyl (C=O) groups is 1. The van der Waals surface area contributed by atoms with Crippen LogP contribution in [-0.4, -0.2) is 16.5 Å². The van der Waals surface area contributed by atoms with Gasteiger partial charge in [0.15, 0.2) is 0 Å². The van der Waals surface area contributed by atoms with Crippen LogP contribution >= 0.6 is 0 Å². The van der Waals surface area contributed by atoms with Crippen LogP contribution in [0.5, 0.6) is 0 Å². The van der Waals surface area contributed by atoms with Crippen molar-refractivity contribution in [1.82, 2.24) is 0 Å². The molecule has 4 fully saturated rings. The van der Waals surface area contributed by atoms with Crippen LogP contribution in [0.2, 0.25) is 0 Å². The van der Waals surface area contributed by atoms with E-state index in [4.69, 9.17) is 0 Å². The Bertz CT molecular complexity index is 496. The third-order valence-electron chi connectivity index (χ3n) is 9.04. The first-order valence-electron chi connectivity index (χ1n) is 9.52. The zero-order valence-electron chi connectivity index (χ0n) is 14.5. The maximum atomic E-state index is 11.9. The maximum Gasteiger partial charge on any atom is 0.133 e. The van der Waals surface area contributed by atoms with Gasteiger partial charge >= 0.3 is 0 Å². The number of rotatable bonds is 0. The Morgan fingerprint density at radius 3 is 2.45 bits per heavy atom. The van der Waals surface area contributed by atoms with Crippen molar-refractivity contribution in [3.05, 3.63) is 0 Å². The van der Waals surface area contributed by atoms with Gasteiger partial charge in [-0.3, -0.25) is 4.79 Å². The molecule has 4 aliphatic rings. The van der Waals surface area contributed by atoms with E-state index in [2.05, 4.69) is 20.8 Å². The molecule has 0 bridgehead atoms. The van der Waals surface area contributed by atoms with E-state index in [1.165, 1.54) is 32.1 Å². The van der Waals surface area contributed by atoms with Gasteiger partial charge in [0.2, 0.25) is 0 Å². The Balaban J connectivity index is 1.65. The van der Waals surface area contributed by atoms with Gasteiger partial charge in [-0.15, -0.1) is 0 Å². The monoisotopic (exact) mass is 304 g/mol. The molecular formula is C20H32O2. The zero-order valence-corrected chi connectivity index (χ0v) is 14.5. The van der Waals surface area contributed by atoms with Gasteiger partial charge < -0.3 is 5.11 Å². The average molecular weight is 304 g/mol. The van der Waals surface area contributed by atoms with Crippen molar-refractivity contribution < 1.29 is 9.90 Å². The number of aliphatic hydroxyl groups is 1. The molecule has 0 aromatic rings. The van der Waals surface area contributed by atoms with Crippen LogP contribution in [0.1, 0.15) is 78.6 Å². The predicted octanol–water partition coefficient (Wildman–Crippen LogP) is 4.35. The first kappa shape index (κ1) is 15.2. The first-order valence-corrected chi connectivity index (χ1v) is 9.52. The van der Waals surface area contributed by atoms with E-state index in [9.17, 15) is 9.90 Å². The largest absolute Gasteiger partial charge is 0.390 e. The van der Waals surface area contributed by atoms with E-state index in [1.807, 2.05) is 0 Å². The molecule has 0 aromatic carbocycles. The van der Waals surface area contributed by atoms with Crippen molar-refractivity contribution in [3.8, 4) is 0 Å². The van der Waals surface area contributed by atoms with Crippen LogP contribution in [0.4, 0.5) is 0 Å². The zero-order chi connectivity index (χ0) is 15.8. The summed E-state index contributed by atoms with van der Waals surface area (Å²) in [5.41, 5.74) is 0.0530. The van der Waals surface area contributed by atoms with Crippen LogP contribution in [0.25, 0.3) is 0 Å². The maximum absolute atomic E-state index is 11.9. The number of Topliss-reactive ketones (excluding diaryl/α,β-unsaturated/α-hetero) is 1. The Hall–Kier alpha value is -0.370. The Labute approximate surface area is 135 Å². The lowest BCUT2D eigenvalue weighted by Gasteiger charge is -2.60. The Kier molecular flexibility index (Phi) is 3.16. The summed E-state index contributed by atoms with van der Waals surface area (Å²) in [4.78, 5) is 11.9. The summed E-state index contributed by atoms with van der Waals surface area (Å²) < 4.78 is 0. The van der Waals surface area contributed by atoms with Gasteiger partial charge in [0.25, 0.3) is 0 Å². The van der Waals surface area contributed by atoms with Gasteiger partial charge in [-0.1, -0.05) is 13.8 Å². The minimum Gasteiger partial charge on any atom is -0.390 e. The standard InChI is InChI=1S/C20H32O2/c1-18-9-6-14(21)12-13(18)4-5-15-16(18)7-10-19(2)17(15)8-11-20(19,3)22/h13,15-17,22H,4-12H2,1-3H3/t13?,15?,16?,17?,18-,19-,20-/m0/s1. The summed E-state index contributed by atoms with van der Waals surface area (Å²) in [5.74, 6) is 3.44. The number of carbonyl (C=O) groups excluding carboxylic acids is 1.